The summed E-state index contributed by atoms with van der Waals surface area (Å²) >= 11 is 0. The van der Waals surface area contributed by atoms with Gasteiger partial charge in [-0.2, -0.15) is 0 Å². The number of sulfonamides is 1. The highest BCUT2D eigenvalue weighted by Crippen LogP contribution is 2.47. The molecule has 24 heavy (non-hydrogen) atoms. The standard InChI is InChI=1S/C17H20N2O4S/c1-11-10-14(11)15-8-9-16(23-15)17(20)18-12-4-6-13(7-5-12)24(21,22)19(2)3/h4-9,11,14H,10H2,1-3H3,(H,18,20)/t11-,14-/m0/s1. The van der Waals surface area contributed by atoms with Crippen molar-refractivity contribution in [1.29, 1.82) is 0 Å². The SMILES string of the molecule is C[C@H]1C[C@@H]1c1ccc(C(=O)Nc2ccc(S(=O)(=O)N(C)C)cc2)o1. The predicted octanol–water partition coefficient (Wildman–Crippen LogP) is 2.91. The number of nitrogens with one attached hydrogen (secondary N) is 1. The third-order valence-electron chi connectivity index (χ3n) is 4.22. The van der Waals surface area contributed by atoms with E-state index in [-0.39, 0.29) is 16.6 Å². The molecule has 0 aliphatic heterocycles. The first-order chi connectivity index (χ1) is 11.3. The quantitative estimate of drug-likeness (QED) is 0.901. The first-order valence-electron chi connectivity index (χ1n) is 7.72. The van der Waals surface area contributed by atoms with E-state index >= 15 is 0 Å². The van der Waals surface area contributed by atoms with Gasteiger partial charge in [-0.15, -0.1) is 0 Å². The van der Waals surface area contributed by atoms with Gasteiger partial charge in [-0.3, -0.25) is 4.79 Å². The minimum atomic E-state index is -3.48. The summed E-state index contributed by atoms with van der Waals surface area (Å²) in [7, 11) is -0.532. The topological polar surface area (TPSA) is 79.6 Å². The lowest BCUT2D eigenvalue weighted by Crippen LogP contribution is -2.22. The Hall–Kier alpha value is -2.12. The van der Waals surface area contributed by atoms with Crippen molar-refractivity contribution in [3.8, 4) is 0 Å². The van der Waals surface area contributed by atoms with Gasteiger partial charge in [0.25, 0.3) is 5.91 Å². The molecule has 0 spiro atoms. The summed E-state index contributed by atoms with van der Waals surface area (Å²) < 4.78 is 30.8. The molecule has 7 heteroatoms. The van der Waals surface area contributed by atoms with Gasteiger partial charge < -0.3 is 9.73 Å². The number of rotatable bonds is 5. The zero-order valence-electron chi connectivity index (χ0n) is 13.8. The van der Waals surface area contributed by atoms with Crippen molar-refractivity contribution in [3.63, 3.8) is 0 Å². The summed E-state index contributed by atoms with van der Waals surface area (Å²) in [6.45, 7) is 2.15. The Morgan fingerprint density at radius 3 is 2.33 bits per heavy atom. The van der Waals surface area contributed by atoms with Gasteiger partial charge in [0.05, 0.1) is 4.90 Å². The molecule has 1 aromatic heterocycles. The highest BCUT2D eigenvalue weighted by atomic mass is 32.2. The molecule has 1 heterocycles. The van der Waals surface area contributed by atoms with E-state index in [1.54, 1.807) is 18.2 Å². The number of nitrogens with zero attached hydrogens (tertiary/aromatic N) is 1. The predicted molar refractivity (Wildman–Crippen MR) is 90.5 cm³/mol. The normalized spacial score (nSPS) is 20.2. The monoisotopic (exact) mass is 348 g/mol. The second-order valence-electron chi connectivity index (χ2n) is 6.29. The molecule has 3 rings (SSSR count). The summed E-state index contributed by atoms with van der Waals surface area (Å²) in [6.07, 6.45) is 1.09. The van der Waals surface area contributed by atoms with E-state index in [4.69, 9.17) is 4.42 Å². The molecule has 1 aliphatic rings. The van der Waals surface area contributed by atoms with Gasteiger partial charge in [-0.1, -0.05) is 6.92 Å². The van der Waals surface area contributed by atoms with Crippen molar-refractivity contribution in [2.75, 3.05) is 19.4 Å². The molecular formula is C17H20N2O4S. The zero-order chi connectivity index (χ0) is 17.5. The van der Waals surface area contributed by atoms with Crippen molar-refractivity contribution < 1.29 is 17.6 Å². The van der Waals surface area contributed by atoms with Crippen molar-refractivity contribution in [2.24, 2.45) is 5.92 Å². The zero-order valence-corrected chi connectivity index (χ0v) is 14.6. The van der Waals surface area contributed by atoms with E-state index in [0.717, 1.165) is 16.5 Å². The van der Waals surface area contributed by atoms with Crippen molar-refractivity contribution in [3.05, 3.63) is 47.9 Å². The molecule has 0 radical (unpaired) electrons. The van der Waals surface area contributed by atoms with Gasteiger partial charge in [0.1, 0.15) is 5.76 Å². The first kappa shape index (κ1) is 16.7. The maximum Gasteiger partial charge on any atom is 0.291 e. The van der Waals surface area contributed by atoms with E-state index in [1.807, 2.05) is 6.07 Å². The van der Waals surface area contributed by atoms with Crippen LogP contribution < -0.4 is 5.32 Å². The van der Waals surface area contributed by atoms with E-state index in [9.17, 15) is 13.2 Å². The smallest absolute Gasteiger partial charge is 0.291 e. The molecule has 1 fully saturated rings. The minimum Gasteiger partial charge on any atom is -0.456 e. The number of carbonyl (C=O) groups excluding carboxylic acids is 1. The van der Waals surface area contributed by atoms with Gasteiger partial charge in [-0.05, 0) is 48.7 Å². The average Bonchev–Trinajstić information content (AvgIpc) is 3.07. The largest absolute Gasteiger partial charge is 0.456 e. The molecule has 0 unspecified atom stereocenters. The molecule has 2 aromatic rings. The van der Waals surface area contributed by atoms with Crippen LogP contribution in [0.2, 0.25) is 0 Å². The van der Waals surface area contributed by atoms with Crippen LogP contribution in [0.3, 0.4) is 0 Å². The fraction of sp³-hybridized carbons (Fsp3) is 0.353. The van der Waals surface area contributed by atoms with Gasteiger partial charge >= 0.3 is 0 Å². The highest BCUT2D eigenvalue weighted by Gasteiger charge is 2.37. The Morgan fingerprint density at radius 1 is 1.17 bits per heavy atom. The second kappa shape index (κ2) is 6.07. The van der Waals surface area contributed by atoms with Crippen LogP contribution in [0.4, 0.5) is 5.69 Å². The Bertz CT molecular complexity index is 853. The molecule has 0 saturated heterocycles. The van der Waals surface area contributed by atoms with Crippen LogP contribution in [0.15, 0.2) is 45.7 Å². The summed E-state index contributed by atoms with van der Waals surface area (Å²) in [6, 6.07) is 9.55. The maximum absolute atomic E-state index is 12.2. The summed E-state index contributed by atoms with van der Waals surface area (Å²) in [4.78, 5) is 12.4. The molecule has 2 atom stereocenters. The van der Waals surface area contributed by atoms with E-state index in [1.165, 1.54) is 26.2 Å². The van der Waals surface area contributed by atoms with Crippen molar-refractivity contribution >= 4 is 21.6 Å². The first-order valence-corrected chi connectivity index (χ1v) is 9.16. The molecule has 1 amide bonds. The van der Waals surface area contributed by atoms with Crippen LogP contribution in [-0.4, -0.2) is 32.7 Å². The minimum absolute atomic E-state index is 0.175. The summed E-state index contributed by atoms with van der Waals surface area (Å²) in [5, 5.41) is 2.71. The lowest BCUT2D eigenvalue weighted by Gasteiger charge is -2.11. The Morgan fingerprint density at radius 2 is 1.79 bits per heavy atom. The number of furan rings is 1. The number of amides is 1. The number of carbonyl (C=O) groups is 1. The number of benzene rings is 1. The van der Waals surface area contributed by atoms with Crippen LogP contribution in [0, 0.1) is 5.92 Å². The Balaban J connectivity index is 1.70. The van der Waals surface area contributed by atoms with Crippen LogP contribution >= 0.6 is 0 Å². The highest BCUT2D eigenvalue weighted by molar-refractivity contribution is 7.89. The van der Waals surface area contributed by atoms with Gasteiger partial charge in [0.15, 0.2) is 5.76 Å². The van der Waals surface area contributed by atoms with Crippen molar-refractivity contribution in [2.45, 2.75) is 24.2 Å². The molecular weight excluding hydrogens is 328 g/mol. The van der Waals surface area contributed by atoms with Crippen molar-refractivity contribution in [1.82, 2.24) is 4.31 Å². The molecule has 128 valence electrons. The van der Waals surface area contributed by atoms with E-state index in [0.29, 0.717) is 17.5 Å². The van der Waals surface area contributed by atoms with Gasteiger partial charge in [-0.25, -0.2) is 12.7 Å². The third-order valence-corrected chi connectivity index (χ3v) is 6.05. The fourth-order valence-electron chi connectivity index (χ4n) is 2.51. The van der Waals surface area contributed by atoms with E-state index in [2.05, 4.69) is 12.2 Å². The molecule has 1 aromatic carbocycles. The number of hydrogen-bond acceptors (Lipinski definition) is 4. The fourth-order valence-corrected chi connectivity index (χ4v) is 3.41. The maximum atomic E-state index is 12.2. The second-order valence-corrected chi connectivity index (χ2v) is 8.44. The molecule has 6 nitrogen and oxygen atoms in total. The molecule has 0 bridgehead atoms. The average molecular weight is 348 g/mol. The number of anilines is 1. The Labute approximate surface area is 141 Å². The third kappa shape index (κ3) is 3.22. The molecule has 1 saturated carbocycles. The van der Waals surface area contributed by atoms with Gasteiger partial charge in [0, 0.05) is 25.7 Å². The van der Waals surface area contributed by atoms with Crippen LogP contribution in [0.5, 0.6) is 0 Å². The number of hydrogen-bond donors (Lipinski definition) is 1. The van der Waals surface area contributed by atoms with Crippen LogP contribution in [0.1, 0.15) is 35.6 Å². The van der Waals surface area contributed by atoms with Crippen LogP contribution in [0.25, 0.3) is 0 Å². The lowest BCUT2D eigenvalue weighted by atomic mass is 10.3. The Kier molecular flexibility index (Phi) is 4.23. The van der Waals surface area contributed by atoms with Crippen LogP contribution in [-0.2, 0) is 10.0 Å². The van der Waals surface area contributed by atoms with E-state index < -0.39 is 10.0 Å². The molecule has 1 aliphatic carbocycles. The summed E-state index contributed by atoms with van der Waals surface area (Å²) in [5.74, 6) is 1.78. The van der Waals surface area contributed by atoms with Gasteiger partial charge in [0.2, 0.25) is 10.0 Å². The summed E-state index contributed by atoms with van der Waals surface area (Å²) in [5.41, 5.74) is 0.510. The molecule has 1 N–H and O–H groups in total. The lowest BCUT2D eigenvalue weighted by molar-refractivity contribution is 0.0995.